The summed E-state index contributed by atoms with van der Waals surface area (Å²) >= 11 is 0. The molecule has 0 bridgehead atoms. The fraction of sp³-hybridized carbons (Fsp3) is 0.467. The molecule has 1 fully saturated rings. The summed E-state index contributed by atoms with van der Waals surface area (Å²) in [6, 6.07) is 5.58. The average molecular weight is 294 g/mol. The third kappa shape index (κ3) is 3.93. The van der Waals surface area contributed by atoms with Crippen LogP contribution in [0.5, 0.6) is 0 Å². The lowest BCUT2D eigenvalue weighted by molar-refractivity contribution is -0.145. The van der Waals surface area contributed by atoms with Gasteiger partial charge in [-0.1, -0.05) is 19.9 Å². The van der Waals surface area contributed by atoms with E-state index in [-0.39, 0.29) is 17.9 Å². The van der Waals surface area contributed by atoms with Crippen LogP contribution >= 0.6 is 0 Å². The summed E-state index contributed by atoms with van der Waals surface area (Å²) < 4.78 is 18.1. The molecule has 1 aromatic rings. The Balaban J connectivity index is 1.75. The molecule has 0 spiro atoms. The molecule has 1 heterocycles. The molecule has 1 N–H and O–H groups in total. The van der Waals surface area contributed by atoms with Crippen molar-refractivity contribution in [3.63, 3.8) is 0 Å². The van der Waals surface area contributed by atoms with Crippen molar-refractivity contribution in [2.24, 2.45) is 5.92 Å². The molecule has 114 valence electrons. The molecule has 1 atom stereocenters. The van der Waals surface area contributed by atoms with Crippen molar-refractivity contribution in [1.29, 1.82) is 0 Å². The van der Waals surface area contributed by atoms with Crippen LogP contribution in [0.4, 0.5) is 14.9 Å². The fourth-order valence-electron chi connectivity index (χ4n) is 2.04. The fourth-order valence-corrected chi connectivity index (χ4v) is 2.04. The van der Waals surface area contributed by atoms with Gasteiger partial charge >= 0.3 is 6.09 Å². The van der Waals surface area contributed by atoms with Gasteiger partial charge in [0.15, 0.2) is 0 Å². The smallest absolute Gasteiger partial charge is 0.412 e. The molecule has 5 nitrogen and oxygen atoms in total. The van der Waals surface area contributed by atoms with E-state index in [1.807, 2.05) is 13.8 Å². The zero-order valence-corrected chi connectivity index (χ0v) is 12.1. The van der Waals surface area contributed by atoms with Crippen LogP contribution in [-0.4, -0.2) is 36.1 Å². The predicted octanol–water partition coefficient (Wildman–Crippen LogP) is 2.63. The lowest BCUT2D eigenvalue weighted by Gasteiger charge is -2.39. The zero-order valence-electron chi connectivity index (χ0n) is 12.1. The highest BCUT2D eigenvalue weighted by atomic mass is 19.1. The minimum atomic E-state index is -0.638. The largest absolute Gasteiger partial charge is 0.442 e. The van der Waals surface area contributed by atoms with E-state index in [9.17, 15) is 14.0 Å². The van der Waals surface area contributed by atoms with Gasteiger partial charge in [0.05, 0.1) is 13.1 Å². The van der Waals surface area contributed by atoms with E-state index >= 15 is 0 Å². The highest BCUT2D eigenvalue weighted by Gasteiger charge is 2.34. The highest BCUT2D eigenvalue weighted by molar-refractivity contribution is 5.85. The number of hydrogen-bond donors (Lipinski definition) is 1. The Labute approximate surface area is 123 Å². The van der Waals surface area contributed by atoms with Crippen LogP contribution in [-0.2, 0) is 9.53 Å². The number of carbonyl (C=O) groups is 2. The summed E-state index contributed by atoms with van der Waals surface area (Å²) in [5, 5.41) is 2.46. The Morgan fingerprint density at radius 3 is 2.81 bits per heavy atom. The van der Waals surface area contributed by atoms with Crippen molar-refractivity contribution in [3.05, 3.63) is 30.1 Å². The normalized spacial score (nSPS) is 16.0. The zero-order chi connectivity index (χ0) is 15.4. The molecule has 0 unspecified atom stereocenters. The number of amides is 2. The molecule has 1 aliphatic heterocycles. The number of halogens is 1. The summed E-state index contributed by atoms with van der Waals surface area (Å²) in [5.74, 6) is -0.350. The third-order valence-corrected chi connectivity index (χ3v) is 3.54. The quantitative estimate of drug-likeness (QED) is 0.928. The van der Waals surface area contributed by atoms with Crippen LogP contribution in [0.15, 0.2) is 24.3 Å². The van der Waals surface area contributed by atoms with Gasteiger partial charge < -0.3 is 9.64 Å². The number of carbonyl (C=O) groups excluding carboxylic acids is 2. The molecule has 0 radical (unpaired) electrons. The van der Waals surface area contributed by atoms with Gasteiger partial charge in [-0.25, -0.2) is 9.18 Å². The SMILES string of the molecule is CC[C@H](C)C(=O)N1CC(OC(=O)Nc2cccc(F)c2)C1. The summed E-state index contributed by atoms with van der Waals surface area (Å²) in [5.41, 5.74) is 0.340. The molecule has 21 heavy (non-hydrogen) atoms. The number of nitrogens with zero attached hydrogens (tertiary/aromatic N) is 1. The summed E-state index contributed by atoms with van der Waals surface area (Å²) in [7, 11) is 0. The average Bonchev–Trinajstić information content (AvgIpc) is 2.40. The first-order chi connectivity index (χ1) is 9.99. The molecular weight excluding hydrogens is 275 g/mol. The van der Waals surface area contributed by atoms with E-state index in [1.54, 1.807) is 11.0 Å². The number of benzene rings is 1. The molecular formula is C15H19FN2O3. The third-order valence-electron chi connectivity index (χ3n) is 3.54. The van der Waals surface area contributed by atoms with Crippen LogP contribution < -0.4 is 5.32 Å². The van der Waals surface area contributed by atoms with Crippen LogP contribution in [0.1, 0.15) is 20.3 Å². The topological polar surface area (TPSA) is 58.6 Å². The number of hydrogen-bond acceptors (Lipinski definition) is 3. The Hall–Kier alpha value is -2.11. The summed E-state index contributed by atoms with van der Waals surface area (Å²) in [6.45, 7) is 4.68. The lowest BCUT2D eigenvalue weighted by Crippen LogP contribution is -2.56. The van der Waals surface area contributed by atoms with E-state index in [0.717, 1.165) is 6.42 Å². The van der Waals surface area contributed by atoms with Gasteiger partial charge in [0.1, 0.15) is 11.9 Å². The summed E-state index contributed by atoms with van der Waals surface area (Å²) in [4.78, 5) is 25.2. The molecule has 6 heteroatoms. The lowest BCUT2D eigenvalue weighted by atomic mass is 10.0. The minimum absolute atomic E-state index is 0.00734. The van der Waals surface area contributed by atoms with Crippen molar-refractivity contribution in [2.45, 2.75) is 26.4 Å². The first-order valence-corrected chi connectivity index (χ1v) is 7.01. The second kappa shape index (κ2) is 6.56. The van der Waals surface area contributed by atoms with Crippen molar-refractivity contribution in [1.82, 2.24) is 4.90 Å². The maximum Gasteiger partial charge on any atom is 0.412 e. The second-order valence-electron chi connectivity index (χ2n) is 5.22. The maximum absolute atomic E-state index is 13.0. The standard InChI is InChI=1S/C15H19FN2O3/c1-3-10(2)14(19)18-8-13(9-18)21-15(20)17-12-6-4-5-11(16)7-12/h4-7,10,13H,3,8-9H2,1-2H3,(H,17,20)/t10-/m0/s1. The van der Waals surface area contributed by atoms with Crippen LogP contribution in [0, 0.1) is 11.7 Å². The molecule has 0 saturated carbocycles. The van der Waals surface area contributed by atoms with Gasteiger partial charge in [0.25, 0.3) is 0 Å². The van der Waals surface area contributed by atoms with Gasteiger partial charge in [-0.15, -0.1) is 0 Å². The number of nitrogens with one attached hydrogen (secondary N) is 1. The highest BCUT2D eigenvalue weighted by Crippen LogP contribution is 2.18. The van der Waals surface area contributed by atoms with E-state index in [4.69, 9.17) is 4.74 Å². The van der Waals surface area contributed by atoms with Gasteiger partial charge in [0, 0.05) is 11.6 Å². The van der Waals surface area contributed by atoms with E-state index in [2.05, 4.69) is 5.32 Å². The van der Waals surface area contributed by atoms with Gasteiger partial charge in [-0.05, 0) is 24.6 Å². The van der Waals surface area contributed by atoms with Gasteiger partial charge in [-0.2, -0.15) is 0 Å². The molecule has 0 aliphatic carbocycles. The first-order valence-electron chi connectivity index (χ1n) is 7.01. The van der Waals surface area contributed by atoms with Crippen LogP contribution in [0.25, 0.3) is 0 Å². The Morgan fingerprint density at radius 1 is 1.48 bits per heavy atom. The molecule has 1 aliphatic rings. The number of rotatable bonds is 4. The maximum atomic E-state index is 13.0. The second-order valence-corrected chi connectivity index (χ2v) is 5.22. The van der Waals surface area contributed by atoms with E-state index < -0.39 is 11.9 Å². The molecule has 2 rings (SSSR count). The number of anilines is 1. The summed E-state index contributed by atoms with van der Waals surface area (Å²) in [6.07, 6.45) is -0.145. The van der Waals surface area contributed by atoms with Crippen LogP contribution in [0.2, 0.25) is 0 Å². The Bertz CT molecular complexity index is 529. The Kier molecular flexibility index (Phi) is 4.77. The van der Waals surface area contributed by atoms with Gasteiger partial charge in [-0.3, -0.25) is 10.1 Å². The van der Waals surface area contributed by atoms with Crippen LogP contribution in [0.3, 0.4) is 0 Å². The Morgan fingerprint density at radius 2 is 2.19 bits per heavy atom. The minimum Gasteiger partial charge on any atom is -0.442 e. The molecule has 2 amide bonds. The predicted molar refractivity (Wildman–Crippen MR) is 76.3 cm³/mol. The van der Waals surface area contributed by atoms with Crippen molar-refractivity contribution in [2.75, 3.05) is 18.4 Å². The monoisotopic (exact) mass is 294 g/mol. The van der Waals surface area contributed by atoms with Crippen molar-refractivity contribution < 1.29 is 18.7 Å². The first kappa shape index (κ1) is 15.3. The van der Waals surface area contributed by atoms with Crippen molar-refractivity contribution in [3.8, 4) is 0 Å². The number of likely N-dealkylation sites (tertiary alicyclic amines) is 1. The van der Waals surface area contributed by atoms with E-state index in [0.29, 0.717) is 18.8 Å². The molecule has 1 aromatic carbocycles. The van der Waals surface area contributed by atoms with Gasteiger partial charge in [0.2, 0.25) is 5.91 Å². The van der Waals surface area contributed by atoms with E-state index in [1.165, 1.54) is 18.2 Å². The van der Waals surface area contributed by atoms with Crippen molar-refractivity contribution >= 4 is 17.7 Å². The molecule has 0 aromatic heterocycles. The molecule has 1 saturated heterocycles. The number of ether oxygens (including phenoxy) is 1.